The highest BCUT2D eigenvalue weighted by Gasteiger charge is 2.43. The first-order valence-corrected chi connectivity index (χ1v) is 10.4. The van der Waals surface area contributed by atoms with E-state index >= 15 is 0 Å². The molecule has 142 valence electrons. The smallest absolute Gasteiger partial charge is 0.227 e. The van der Waals surface area contributed by atoms with E-state index in [2.05, 4.69) is 17.0 Å². The molecular formula is C21H25N3O2S. The van der Waals surface area contributed by atoms with Crippen LogP contribution in [0.15, 0.2) is 47.8 Å². The summed E-state index contributed by atoms with van der Waals surface area (Å²) in [6.07, 6.45) is 0.847. The van der Waals surface area contributed by atoms with Crippen LogP contribution in [0.1, 0.15) is 22.9 Å². The summed E-state index contributed by atoms with van der Waals surface area (Å²) in [4.78, 5) is 29.7. The molecule has 2 unspecified atom stereocenters. The first-order chi connectivity index (χ1) is 13.1. The summed E-state index contributed by atoms with van der Waals surface area (Å²) < 4.78 is 0. The molecule has 2 aliphatic heterocycles. The van der Waals surface area contributed by atoms with Crippen LogP contribution in [0.2, 0.25) is 0 Å². The highest BCUT2D eigenvalue weighted by Crippen LogP contribution is 2.37. The minimum atomic E-state index is -0.270. The van der Waals surface area contributed by atoms with Gasteiger partial charge in [0.1, 0.15) is 0 Å². The fourth-order valence-corrected chi connectivity index (χ4v) is 5.18. The van der Waals surface area contributed by atoms with Crippen LogP contribution in [0, 0.1) is 11.8 Å². The van der Waals surface area contributed by atoms with Gasteiger partial charge in [-0.2, -0.15) is 0 Å². The Morgan fingerprint density at radius 1 is 1.04 bits per heavy atom. The molecule has 4 rings (SSSR count). The lowest BCUT2D eigenvalue weighted by Crippen LogP contribution is -2.36. The Bertz CT molecular complexity index is 779. The average Bonchev–Trinajstić information content (AvgIpc) is 3.36. The van der Waals surface area contributed by atoms with E-state index in [-0.39, 0.29) is 17.9 Å². The zero-order valence-electron chi connectivity index (χ0n) is 15.3. The van der Waals surface area contributed by atoms with E-state index in [1.165, 1.54) is 0 Å². The van der Waals surface area contributed by atoms with Crippen molar-refractivity contribution in [2.75, 3.05) is 26.2 Å². The molecule has 2 saturated heterocycles. The number of hydrogen-bond donors (Lipinski definition) is 1. The fourth-order valence-electron chi connectivity index (χ4n) is 4.49. The second kappa shape index (κ2) is 7.82. The molecule has 2 N–H and O–H groups in total. The lowest BCUT2D eigenvalue weighted by Gasteiger charge is -2.29. The van der Waals surface area contributed by atoms with Gasteiger partial charge in [-0.15, -0.1) is 11.3 Å². The van der Waals surface area contributed by atoms with Crippen LogP contribution < -0.4 is 5.73 Å². The molecule has 2 fully saturated rings. The number of amides is 2. The molecule has 1 aromatic heterocycles. The first kappa shape index (κ1) is 18.2. The van der Waals surface area contributed by atoms with Gasteiger partial charge in [0, 0.05) is 43.5 Å². The number of carbonyl (C=O) groups excluding carboxylic acids is 2. The molecule has 1 aromatic carbocycles. The molecule has 0 bridgehead atoms. The topological polar surface area (TPSA) is 66.6 Å². The van der Waals surface area contributed by atoms with Crippen molar-refractivity contribution >= 4 is 23.2 Å². The standard InChI is InChI=1S/C21H25N3O2S/c22-20(25)10-19(15-5-2-1-3-6-15)23-11-16-13-24(14-17(16)12-23)21(26)9-18-7-4-8-27-18/h1-8,16-17,19H,9-14H2,(H2,22,25)/t16?,17?,19-/m0/s1. The predicted octanol–water partition coefficient (Wildman–Crippen LogP) is 2.30. The van der Waals surface area contributed by atoms with E-state index in [0.717, 1.165) is 36.6 Å². The number of primary amides is 1. The Morgan fingerprint density at radius 3 is 2.33 bits per heavy atom. The predicted molar refractivity (Wildman–Crippen MR) is 106 cm³/mol. The Hall–Kier alpha value is -2.18. The van der Waals surface area contributed by atoms with Gasteiger partial charge in [0.05, 0.1) is 6.42 Å². The Morgan fingerprint density at radius 2 is 1.74 bits per heavy atom. The van der Waals surface area contributed by atoms with E-state index in [4.69, 9.17) is 5.73 Å². The van der Waals surface area contributed by atoms with Crippen LogP contribution in [-0.2, 0) is 16.0 Å². The minimum Gasteiger partial charge on any atom is -0.370 e. The maximum Gasteiger partial charge on any atom is 0.227 e. The SMILES string of the molecule is NC(=O)C[C@@H](c1ccccc1)N1CC2CN(C(=O)Cc3cccs3)CC2C1. The average molecular weight is 384 g/mol. The highest BCUT2D eigenvalue weighted by atomic mass is 32.1. The third-order valence-corrected chi connectivity index (χ3v) is 6.67. The van der Waals surface area contributed by atoms with Gasteiger partial charge in [0.15, 0.2) is 0 Å². The van der Waals surface area contributed by atoms with Crippen LogP contribution in [0.3, 0.4) is 0 Å². The molecule has 0 spiro atoms. The number of hydrogen-bond acceptors (Lipinski definition) is 4. The molecule has 2 aromatic rings. The van der Waals surface area contributed by atoms with Crippen molar-refractivity contribution in [3.05, 3.63) is 58.3 Å². The minimum absolute atomic E-state index is 0.0320. The number of benzene rings is 1. The first-order valence-electron chi connectivity index (χ1n) is 9.47. The molecule has 5 nitrogen and oxygen atoms in total. The van der Waals surface area contributed by atoms with Crippen LogP contribution in [0.4, 0.5) is 0 Å². The van der Waals surface area contributed by atoms with E-state index in [9.17, 15) is 9.59 Å². The second-order valence-electron chi connectivity index (χ2n) is 7.63. The Labute approximate surface area is 163 Å². The third-order valence-electron chi connectivity index (χ3n) is 5.79. The van der Waals surface area contributed by atoms with Crippen molar-refractivity contribution in [3.63, 3.8) is 0 Å². The van der Waals surface area contributed by atoms with Gasteiger partial charge in [-0.25, -0.2) is 0 Å². The van der Waals surface area contributed by atoms with Crippen LogP contribution in [-0.4, -0.2) is 47.8 Å². The van der Waals surface area contributed by atoms with E-state index in [1.807, 2.05) is 40.6 Å². The van der Waals surface area contributed by atoms with Crippen molar-refractivity contribution in [1.82, 2.24) is 9.80 Å². The molecule has 6 heteroatoms. The van der Waals surface area contributed by atoms with E-state index in [0.29, 0.717) is 24.7 Å². The summed E-state index contributed by atoms with van der Waals surface area (Å²) in [6, 6.07) is 14.2. The molecule has 3 heterocycles. The van der Waals surface area contributed by atoms with Gasteiger partial charge in [-0.1, -0.05) is 36.4 Å². The van der Waals surface area contributed by atoms with Gasteiger partial charge in [-0.05, 0) is 28.8 Å². The molecule has 2 amide bonds. The normalized spacial score (nSPS) is 23.3. The highest BCUT2D eigenvalue weighted by molar-refractivity contribution is 7.10. The van der Waals surface area contributed by atoms with E-state index < -0.39 is 0 Å². The number of rotatable bonds is 6. The summed E-state index contributed by atoms with van der Waals surface area (Å²) in [5, 5.41) is 2.02. The summed E-state index contributed by atoms with van der Waals surface area (Å²) in [5.74, 6) is 0.927. The van der Waals surface area contributed by atoms with Crippen molar-refractivity contribution in [2.24, 2.45) is 17.6 Å². The molecule has 0 aliphatic carbocycles. The number of carbonyl (C=O) groups is 2. The molecule has 3 atom stereocenters. The number of fused-ring (bicyclic) bond motifs is 1. The maximum atomic E-state index is 12.6. The van der Waals surface area contributed by atoms with Gasteiger partial charge in [0.2, 0.25) is 11.8 Å². The lowest BCUT2D eigenvalue weighted by molar-refractivity contribution is -0.129. The third kappa shape index (κ3) is 4.06. The molecular weight excluding hydrogens is 358 g/mol. The summed E-state index contributed by atoms with van der Waals surface area (Å²) in [7, 11) is 0. The molecule has 2 aliphatic rings. The largest absolute Gasteiger partial charge is 0.370 e. The van der Waals surface area contributed by atoms with Crippen molar-refractivity contribution in [2.45, 2.75) is 18.9 Å². The number of thiophene rings is 1. The lowest BCUT2D eigenvalue weighted by atomic mass is 10.0. The summed E-state index contributed by atoms with van der Waals surface area (Å²) in [5.41, 5.74) is 6.66. The van der Waals surface area contributed by atoms with Crippen LogP contribution in [0.25, 0.3) is 0 Å². The van der Waals surface area contributed by atoms with Gasteiger partial charge < -0.3 is 10.6 Å². The monoisotopic (exact) mass is 383 g/mol. The van der Waals surface area contributed by atoms with Gasteiger partial charge >= 0.3 is 0 Å². The zero-order valence-corrected chi connectivity index (χ0v) is 16.1. The van der Waals surface area contributed by atoms with Crippen LogP contribution >= 0.6 is 11.3 Å². The number of nitrogens with two attached hydrogens (primary N) is 1. The number of nitrogens with zero attached hydrogens (tertiary/aromatic N) is 2. The van der Waals surface area contributed by atoms with Gasteiger partial charge in [0.25, 0.3) is 0 Å². The van der Waals surface area contributed by atoms with Crippen molar-refractivity contribution in [3.8, 4) is 0 Å². The zero-order chi connectivity index (χ0) is 18.8. The Kier molecular flexibility index (Phi) is 5.27. The molecule has 0 saturated carbocycles. The summed E-state index contributed by atoms with van der Waals surface area (Å²) in [6.45, 7) is 3.48. The van der Waals surface area contributed by atoms with Crippen molar-refractivity contribution in [1.29, 1.82) is 0 Å². The van der Waals surface area contributed by atoms with Gasteiger partial charge in [-0.3, -0.25) is 14.5 Å². The Balaban J connectivity index is 1.39. The number of likely N-dealkylation sites (tertiary alicyclic amines) is 2. The molecule has 0 radical (unpaired) electrons. The molecule has 27 heavy (non-hydrogen) atoms. The fraction of sp³-hybridized carbons (Fsp3) is 0.429. The summed E-state index contributed by atoms with van der Waals surface area (Å²) >= 11 is 1.64. The van der Waals surface area contributed by atoms with E-state index in [1.54, 1.807) is 11.3 Å². The quantitative estimate of drug-likeness (QED) is 0.832. The second-order valence-corrected chi connectivity index (χ2v) is 8.66. The maximum absolute atomic E-state index is 12.6. The van der Waals surface area contributed by atoms with Crippen molar-refractivity contribution < 1.29 is 9.59 Å². The van der Waals surface area contributed by atoms with Crippen LogP contribution in [0.5, 0.6) is 0 Å².